The number of aromatic nitrogens is 1. The number of pyridine rings is 1. The van der Waals surface area contributed by atoms with E-state index in [1.54, 1.807) is 16.7 Å². The summed E-state index contributed by atoms with van der Waals surface area (Å²) >= 11 is 0. The van der Waals surface area contributed by atoms with Crippen molar-refractivity contribution in [2.24, 2.45) is 4.99 Å². The fraction of sp³-hybridized carbons (Fsp3) is 0.308. The lowest BCUT2D eigenvalue weighted by Crippen LogP contribution is -2.44. The first-order valence-corrected chi connectivity index (χ1v) is 11.1. The second-order valence-electron chi connectivity index (χ2n) is 8.32. The van der Waals surface area contributed by atoms with E-state index in [1.165, 1.54) is 16.8 Å². The average Bonchev–Trinajstić information content (AvgIpc) is 3.28. The molecule has 0 amide bonds. The minimum Gasteiger partial charge on any atom is -0.369 e. The van der Waals surface area contributed by atoms with Gasteiger partial charge in [-0.15, -0.1) is 24.0 Å². The highest BCUT2D eigenvalue weighted by molar-refractivity contribution is 14.0. The Bertz CT molecular complexity index is 1110. The minimum atomic E-state index is 0. The van der Waals surface area contributed by atoms with E-state index in [1.807, 2.05) is 19.3 Å². The molecule has 1 saturated heterocycles. The molecule has 7 heteroatoms. The fourth-order valence-electron chi connectivity index (χ4n) is 3.99. The van der Waals surface area contributed by atoms with E-state index in [-0.39, 0.29) is 29.5 Å². The Hall–Kier alpha value is -2.81. The number of hydrogen-bond donors (Lipinski definition) is 2. The lowest BCUT2D eigenvalue weighted by molar-refractivity contribution is 0.648. The van der Waals surface area contributed by atoms with Gasteiger partial charge in [0, 0.05) is 50.7 Å². The topological polar surface area (TPSA) is 61.7 Å². The summed E-state index contributed by atoms with van der Waals surface area (Å²) < 4.78 is 1.71. The van der Waals surface area contributed by atoms with Gasteiger partial charge in [0.1, 0.15) is 0 Å². The van der Waals surface area contributed by atoms with Gasteiger partial charge in [0.05, 0.1) is 6.54 Å². The Morgan fingerprint density at radius 3 is 2.45 bits per heavy atom. The first-order valence-electron chi connectivity index (χ1n) is 11.1. The summed E-state index contributed by atoms with van der Waals surface area (Å²) in [5, 5.41) is 6.97. The molecule has 1 fully saturated rings. The quantitative estimate of drug-likeness (QED) is 0.275. The normalized spacial score (nSPS) is 15.8. The van der Waals surface area contributed by atoms with Crippen molar-refractivity contribution in [1.29, 1.82) is 0 Å². The third kappa shape index (κ3) is 6.83. The zero-order valence-corrected chi connectivity index (χ0v) is 21.5. The summed E-state index contributed by atoms with van der Waals surface area (Å²) in [5.74, 6) is 0.820. The number of halogens is 1. The van der Waals surface area contributed by atoms with E-state index in [2.05, 4.69) is 76.0 Å². The highest BCUT2D eigenvalue weighted by Crippen LogP contribution is 2.20. The summed E-state index contributed by atoms with van der Waals surface area (Å²) in [7, 11) is 1.81. The van der Waals surface area contributed by atoms with Gasteiger partial charge in [0.15, 0.2) is 5.96 Å². The van der Waals surface area contributed by atoms with E-state index >= 15 is 0 Å². The number of nitrogens with one attached hydrogen (secondary N) is 2. The molecule has 174 valence electrons. The lowest BCUT2D eigenvalue weighted by Gasteiger charge is -2.20. The van der Waals surface area contributed by atoms with E-state index in [4.69, 9.17) is 0 Å². The van der Waals surface area contributed by atoms with Crippen molar-refractivity contribution >= 4 is 35.6 Å². The van der Waals surface area contributed by atoms with Crippen LogP contribution in [-0.4, -0.2) is 36.7 Å². The van der Waals surface area contributed by atoms with Crippen molar-refractivity contribution in [3.05, 3.63) is 100.0 Å². The van der Waals surface area contributed by atoms with Crippen molar-refractivity contribution in [3.8, 4) is 0 Å². The first-order chi connectivity index (χ1) is 15.6. The summed E-state index contributed by atoms with van der Waals surface area (Å²) in [5.41, 5.74) is 4.85. The summed E-state index contributed by atoms with van der Waals surface area (Å²) in [6.07, 6.45) is 2.90. The zero-order chi connectivity index (χ0) is 22.3. The Morgan fingerprint density at radius 1 is 1.03 bits per heavy atom. The molecule has 2 heterocycles. The van der Waals surface area contributed by atoms with Crippen molar-refractivity contribution < 1.29 is 0 Å². The van der Waals surface area contributed by atoms with Crippen molar-refractivity contribution in [2.75, 3.05) is 25.0 Å². The monoisotopic (exact) mass is 557 g/mol. The predicted octanol–water partition coefficient (Wildman–Crippen LogP) is 3.77. The van der Waals surface area contributed by atoms with Gasteiger partial charge in [-0.3, -0.25) is 9.79 Å². The molecule has 0 saturated carbocycles. The van der Waals surface area contributed by atoms with Gasteiger partial charge in [-0.2, -0.15) is 0 Å². The maximum Gasteiger partial charge on any atom is 0.250 e. The van der Waals surface area contributed by atoms with Gasteiger partial charge < -0.3 is 20.1 Å². The molecule has 0 radical (unpaired) electrons. The van der Waals surface area contributed by atoms with Crippen LogP contribution in [0.15, 0.2) is 82.7 Å². The summed E-state index contributed by atoms with van der Waals surface area (Å²) in [6, 6.07) is 22.7. The largest absolute Gasteiger partial charge is 0.369 e. The maximum absolute atomic E-state index is 11.9. The average molecular weight is 557 g/mol. The van der Waals surface area contributed by atoms with Gasteiger partial charge in [-0.1, -0.05) is 48.0 Å². The molecule has 33 heavy (non-hydrogen) atoms. The third-order valence-electron chi connectivity index (χ3n) is 5.89. The van der Waals surface area contributed by atoms with E-state index < -0.39 is 0 Å². The molecule has 4 rings (SSSR count). The number of guanidine groups is 1. The summed E-state index contributed by atoms with van der Waals surface area (Å²) in [6.45, 7) is 5.41. The van der Waals surface area contributed by atoms with Crippen LogP contribution in [-0.2, 0) is 13.1 Å². The van der Waals surface area contributed by atoms with E-state index in [9.17, 15) is 4.79 Å². The van der Waals surface area contributed by atoms with Crippen molar-refractivity contribution in [3.63, 3.8) is 0 Å². The molecule has 1 aromatic heterocycles. The lowest BCUT2D eigenvalue weighted by atomic mass is 10.1. The van der Waals surface area contributed by atoms with Crippen LogP contribution >= 0.6 is 24.0 Å². The van der Waals surface area contributed by atoms with Gasteiger partial charge in [0.2, 0.25) is 0 Å². The number of aryl methyl sites for hydroxylation is 1. The van der Waals surface area contributed by atoms with Crippen molar-refractivity contribution in [2.45, 2.75) is 32.5 Å². The van der Waals surface area contributed by atoms with Gasteiger partial charge >= 0.3 is 0 Å². The Labute approximate surface area is 212 Å². The minimum absolute atomic E-state index is 0. The maximum atomic E-state index is 11.9. The van der Waals surface area contributed by atoms with Crippen molar-refractivity contribution in [1.82, 2.24) is 15.2 Å². The molecule has 2 N–H and O–H groups in total. The van der Waals surface area contributed by atoms with Gasteiger partial charge in [0.25, 0.3) is 5.56 Å². The van der Waals surface area contributed by atoms with Gasteiger partial charge in [-0.25, -0.2) is 0 Å². The number of benzene rings is 2. The molecule has 0 spiro atoms. The molecule has 2 aromatic carbocycles. The van der Waals surface area contributed by atoms with Crippen LogP contribution < -0.4 is 21.1 Å². The second-order valence-corrected chi connectivity index (χ2v) is 8.32. The molecule has 0 aliphatic carbocycles. The molecule has 1 unspecified atom stereocenters. The van der Waals surface area contributed by atoms with Gasteiger partial charge in [-0.05, 0) is 42.7 Å². The Morgan fingerprint density at radius 2 is 1.76 bits per heavy atom. The number of nitrogens with zero attached hydrogens (tertiary/aromatic N) is 3. The number of aliphatic imine (C=N–C) groups is 1. The molecule has 6 nitrogen and oxygen atoms in total. The zero-order valence-electron chi connectivity index (χ0n) is 19.2. The first kappa shape index (κ1) is 24.8. The predicted molar refractivity (Wildman–Crippen MR) is 147 cm³/mol. The molecule has 1 aliphatic rings. The standard InChI is InChI=1S/C26H31N5O.HI/c1-20-6-12-24(13-7-20)30-16-14-23(19-30)29-26(27-2)28-17-21-8-10-22(11-9-21)18-31-15-4-3-5-25(31)32;/h3-13,15,23H,14,16-19H2,1-2H3,(H2,27,28,29);1H. The second kappa shape index (κ2) is 11.9. The van der Waals surface area contributed by atoms with Crippen LogP contribution in [0.2, 0.25) is 0 Å². The highest BCUT2D eigenvalue weighted by Gasteiger charge is 2.23. The van der Waals surface area contributed by atoms with Crippen LogP contribution in [0.5, 0.6) is 0 Å². The highest BCUT2D eigenvalue weighted by atomic mass is 127. The molecule has 1 atom stereocenters. The number of anilines is 1. The number of hydrogen-bond acceptors (Lipinski definition) is 3. The smallest absolute Gasteiger partial charge is 0.250 e. The Kier molecular flexibility index (Phi) is 8.94. The third-order valence-corrected chi connectivity index (χ3v) is 5.89. The van der Waals surface area contributed by atoms with E-state index in [0.29, 0.717) is 19.1 Å². The fourth-order valence-corrected chi connectivity index (χ4v) is 3.99. The van der Waals surface area contributed by atoms with Crippen LogP contribution in [0, 0.1) is 6.92 Å². The van der Waals surface area contributed by atoms with E-state index in [0.717, 1.165) is 31.0 Å². The van der Waals surface area contributed by atoms with Crippen LogP contribution in [0.3, 0.4) is 0 Å². The molecular weight excluding hydrogens is 525 g/mol. The SMILES string of the molecule is CN=C(NCc1ccc(Cn2ccccc2=O)cc1)NC1CCN(c2ccc(C)cc2)C1.I. The molecule has 3 aromatic rings. The van der Waals surface area contributed by atoms with Crippen LogP contribution in [0.25, 0.3) is 0 Å². The Balaban J connectivity index is 0.00000306. The number of rotatable bonds is 6. The molecule has 0 bridgehead atoms. The summed E-state index contributed by atoms with van der Waals surface area (Å²) in [4.78, 5) is 18.7. The molecule has 1 aliphatic heterocycles. The molecular formula is C26H32IN5O. The van der Waals surface area contributed by atoms with Crippen LogP contribution in [0.1, 0.15) is 23.1 Å². The van der Waals surface area contributed by atoms with Crippen LogP contribution in [0.4, 0.5) is 5.69 Å².